The lowest BCUT2D eigenvalue weighted by molar-refractivity contribution is 0.195. The van der Waals surface area contributed by atoms with E-state index in [9.17, 15) is 0 Å². The number of aryl methyl sites for hydroxylation is 2. The average molecular weight is 476 g/mol. The number of nitrogens with one attached hydrogen (secondary N) is 2. The first kappa shape index (κ1) is 22.4. The van der Waals surface area contributed by atoms with Crippen LogP contribution < -0.4 is 10.6 Å². The van der Waals surface area contributed by atoms with Crippen molar-refractivity contribution in [3.8, 4) is 0 Å². The highest BCUT2D eigenvalue weighted by Crippen LogP contribution is 1.99. The molecule has 0 atom stereocenters. The number of nitrogens with zero attached hydrogens (tertiary/aromatic N) is 6. The molecule has 0 aliphatic heterocycles. The first-order chi connectivity index (χ1) is 12.2. The third kappa shape index (κ3) is 7.68. The standard InChI is InChI=1S/C16H28N8O.HI/c1-14-21-22-15(23(14)2)13-19-16(18-8-6-12-25-3)17-7-4-10-24-11-5-9-20-24;/h5,9,11H,4,6-8,10,12-13H2,1-3H3,(H2,17,18,19);1H. The van der Waals surface area contributed by atoms with Crippen molar-refractivity contribution in [3.05, 3.63) is 30.1 Å². The molecule has 9 nitrogen and oxygen atoms in total. The second-order valence-electron chi connectivity index (χ2n) is 5.71. The maximum Gasteiger partial charge on any atom is 0.191 e. The van der Waals surface area contributed by atoms with Gasteiger partial charge in [0.25, 0.3) is 0 Å². The summed E-state index contributed by atoms with van der Waals surface area (Å²) in [5.74, 6) is 2.50. The van der Waals surface area contributed by atoms with Crippen molar-refractivity contribution in [2.45, 2.75) is 32.9 Å². The molecule has 10 heteroatoms. The minimum absolute atomic E-state index is 0. The lowest BCUT2D eigenvalue weighted by Crippen LogP contribution is -2.39. The van der Waals surface area contributed by atoms with Crippen LogP contribution in [0.5, 0.6) is 0 Å². The van der Waals surface area contributed by atoms with Crippen LogP contribution in [-0.4, -0.2) is 57.3 Å². The molecule has 0 fully saturated rings. The quantitative estimate of drug-likeness (QED) is 0.231. The highest BCUT2D eigenvalue weighted by Gasteiger charge is 2.05. The number of hydrogen-bond acceptors (Lipinski definition) is 5. The normalized spacial score (nSPS) is 11.3. The smallest absolute Gasteiger partial charge is 0.191 e. The summed E-state index contributed by atoms with van der Waals surface area (Å²) < 4.78 is 8.95. The molecule has 0 aliphatic rings. The van der Waals surface area contributed by atoms with Gasteiger partial charge in [-0.05, 0) is 25.8 Å². The molecule has 0 saturated heterocycles. The molecule has 2 rings (SSSR count). The Labute approximate surface area is 171 Å². The van der Waals surface area contributed by atoms with Gasteiger partial charge in [-0.2, -0.15) is 5.10 Å². The second-order valence-corrected chi connectivity index (χ2v) is 5.71. The van der Waals surface area contributed by atoms with Gasteiger partial charge < -0.3 is 19.9 Å². The van der Waals surface area contributed by atoms with E-state index in [-0.39, 0.29) is 24.0 Å². The Morgan fingerprint density at radius 3 is 2.62 bits per heavy atom. The lowest BCUT2D eigenvalue weighted by atomic mass is 10.4. The summed E-state index contributed by atoms with van der Waals surface area (Å²) in [6, 6.07) is 1.93. The van der Waals surface area contributed by atoms with Crippen LogP contribution in [0.4, 0.5) is 0 Å². The zero-order chi connectivity index (χ0) is 17.9. The van der Waals surface area contributed by atoms with Gasteiger partial charge in [0.15, 0.2) is 11.8 Å². The van der Waals surface area contributed by atoms with Gasteiger partial charge in [0.05, 0.1) is 0 Å². The Hall–Kier alpha value is -1.69. The molecule has 2 aromatic rings. The maximum atomic E-state index is 5.08. The first-order valence-electron chi connectivity index (χ1n) is 8.54. The Kier molecular flexibility index (Phi) is 10.9. The summed E-state index contributed by atoms with van der Waals surface area (Å²) >= 11 is 0. The molecule has 2 N–H and O–H groups in total. The van der Waals surface area contributed by atoms with E-state index in [4.69, 9.17) is 4.74 Å². The van der Waals surface area contributed by atoms with E-state index in [0.717, 1.165) is 56.7 Å². The Balaban J connectivity index is 0.00000338. The van der Waals surface area contributed by atoms with Crippen LogP contribution in [0.15, 0.2) is 23.5 Å². The highest BCUT2D eigenvalue weighted by atomic mass is 127. The number of aliphatic imine (C=N–C) groups is 1. The van der Waals surface area contributed by atoms with Gasteiger partial charge in [0, 0.05) is 52.8 Å². The zero-order valence-electron chi connectivity index (χ0n) is 15.7. The van der Waals surface area contributed by atoms with Crippen molar-refractivity contribution in [1.82, 2.24) is 35.2 Å². The fraction of sp³-hybridized carbons (Fsp3) is 0.625. The minimum Gasteiger partial charge on any atom is -0.385 e. The van der Waals surface area contributed by atoms with E-state index >= 15 is 0 Å². The van der Waals surface area contributed by atoms with Gasteiger partial charge in [0.1, 0.15) is 12.4 Å². The van der Waals surface area contributed by atoms with Gasteiger partial charge in [-0.25, -0.2) is 4.99 Å². The minimum atomic E-state index is 0. The van der Waals surface area contributed by atoms with Gasteiger partial charge in [0.2, 0.25) is 0 Å². The predicted octanol–water partition coefficient (Wildman–Crippen LogP) is 1.10. The fourth-order valence-electron chi connectivity index (χ4n) is 2.22. The lowest BCUT2D eigenvalue weighted by Gasteiger charge is -2.12. The van der Waals surface area contributed by atoms with Crippen LogP contribution in [-0.2, 0) is 24.9 Å². The highest BCUT2D eigenvalue weighted by molar-refractivity contribution is 14.0. The molecule has 0 unspecified atom stereocenters. The molecule has 0 aliphatic carbocycles. The van der Waals surface area contributed by atoms with Crippen molar-refractivity contribution >= 4 is 29.9 Å². The van der Waals surface area contributed by atoms with Crippen molar-refractivity contribution in [3.63, 3.8) is 0 Å². The molecule has 0 aromatic carbocycles. The molecule has 0 amide bonds. The van der Waals surface area contributed by atoms with Crippen molar-refractivity contribution in [2.24, 2.45) is 12.0 Å². The maximum absolute atomic E-state index is 5.08. The second kappa shape index (κ2) is 12.6. The van der Waals surface area contributed by atoms with E-state index in [1.54, 1.807) is 13.3 Å². The fourth-order valence-corrected chi connectivity index (χ4v) is 2.22. The third-order valence-corrected chi connectivity index (χ3v) is 3.79. The summed E-state index contributed by atoms with van der Waals surface area (Å²) in [5, 5.41) is 19.1. The van der Waals surface area contributed by atoms with Crippen LogP contribution in [0.25, 0.3) is 0 Å². The Bertz CT molecular complexity index is 641. The van der Waals surface area contributed by atoms with Gasteiger partial charge in [-0.15, -0.1) is 34.2 Å². The van der Waals surface area contributed by atoms with E-state index in [1.807, 2.05) is 35.5 Å². The monoisotopic (exact) mass is 476 g/mol. The Morgan fingerprint density at radius 1 is 1.23 bits per heavy atom. The summed E-state index contributed by atoms with van der Waals surface area (Å²) in [7, 11) is 3.66. The summed E-state index contributed by atoms with van der Waals surface area (Å²) in [6.07, 6.45) is 5.64. The molecule has 146 valence electrons. The number of halogens is 1. The topological polar surface area (TPSA) is 94.2 Å². The number of ether oxygens (including phenoxy) is 1. The molecule has 0 saturated carbocycles. The number of rotatable bonds is 10. The van der Waals surface area contributed by atoms with Crippen LogP contribution in [0.2, 0.25) is 0 Å². The Morgan fingerprint density at radius 2 is 2.00 bits per heavy atom. The van der Waals surface area contributed by atoms with Gasteiger partial charge in [-0.1, -0.05) is 0 Å². The van der Waals surface area contributed by atoms with Crippen LogP contribution in [0.1, 0.15) is 24.5 Å². The van der Waals surface area contributed by atoms with Crippen molar-refractivity contribution in [1.29, 1.82) is 0 Å². The van der Waals surface area contributed by atoms with Gasteiger partial charge in [-0.3, -0.25) is 4.68 Å². The van der Waals surface area contributed by atoms with Gasteiger partial charge >= 0.3 is 0 Å². The van der Waals surface area contributed by atoms with E-state index in [2.05, 4.69) is 30.9 Å². The SMILES string of the molecule is COCCCNC(=NCc1nnc(C)n1C)NCCCn1cccn1.I. The summed E-state index contributed by atoms with van der Waals surface area (Å²) in [6.45, 7) is 5.62. The number of guanidine groups is 1. The zero-order valence-corrected chi connectivity index (χ0v) is 18.0. The molecular formula is C16H29IN8O. The average Bonchev–Trinajstić information content (AvgIpc) is 3.24. The molecule has 0 radical (unpaired) electrons. The molecule has 0 spiro atoms. The molecule has 26 heavy (non-hydrogen) atoms. The summed E-state index contributed by atoms with van der Waals surface area (Å²) in [5.41, 5.74) is 0. The molecular weight excluding hydrogens is 447 g/mol. The van der Waals surface area contributed by atoms with E-state index < -0.39 is 0 Å². The van der Waals surface area contributed by atoms with Crippen molar-refractivity contribution in [2.75, 3.05) is 26.8 Å². The number of methoxy groups -OCH3 is 1. The van der Waals surface area contributed by atoms with Crippen LogP contribution in [0, 0.1) is 6.92 Å². The predicted molar refractivity (Wildman–Crippen MR) is 112 cm³/mol. The first-order valence-corrected chi connectivity index (χ1v) is 8.54. The summed E-state index contributed by atoms with van der Waals surface area (Å²) in [4.78, 5) is 4.61. The van der Waals surface area contributed by atoms with E-state index in [0.29, 0.717) is 6.54 Å². The molecule has 2 aromatic heterocycles. The van der Waals surface area contributed by atoms with Crippen LogP contribution >= 0.6 is 24.0 Å². The largest absolute Gasteiger partial charge is 0.385 e. The molecule has 2 heterocycles. The van der Waals surface area contributed by atoms with Crippen LogP contribution in [0.3, 0.4) is 0 Å². The van der Waals surface area contributed by atoms with Crippen molar-refractivity contribution < 1.29 is 4.74 Å². The molecule has 0 bridgehead atoms. The van der Waals surface area contributed by atoms with E-state index in [1.165, 1.54) is 0 Å². The number of aromatic nitrogens is 5. The number of hydrogen-bond donors (Lipinski definition) is 2. The third-order valence-electron chi connectivity index (χ3n) is 3.79.